The first kappa shape index (κ1) is 22.5. The monoisotopic (exact) mass is 449 g/mol. The van der Waals surface area contributed by atoms with Crippen LogP contribution in [-0.2, 0) is 15.1 Å². The molecule has 0 radical (unpaired) electrons. The van der Waals surface area contributed by atoms with Gasteiger partial charge in [0.2, 0.25) is 5.91 Å². The molecule has 2 aromatic carbocycles. The van der Waals surface area contributed by atoms with Crippen molar-refractivity contribution >= 4 is 29.3 Å². The number of benzene rings is 2. The predicted octanol–water partition coefficient (Wildman–Crippen LogP) is 3.62. The Hall–Kier alpha value is -3.68. The number of unbranched alkanes of at least 4 members (excludes halogenated alkanes) is 2. The van der Waals surface area contributed by atoms with Crippen molar-refractivity contribution in [2.24, 2.45) is 0 Å². The van der Waals surface area contributed by atoms with E-state index in [0.29, 0.717) is 35.4 Å². The lowest BCUT2D eigenvalue weighted by Crippen LogP contribution is -2.47. The molecule has 0 aromatic heterocycles. The van der Waals surface area contributed by atoms with Gasteiger partial charge in [0, 0.05) is 29.7 Å². The molecule has 1 fully saturated rings. The van der Waals surface area contributed by atoms with E-state index in [9.17, 15) is 19.2 Å². The molecule has 2 heterocycles. The van der Waals surface area contributed by atoms with E-state index in [0.717, 1.165) is 24.2 Å². The zero-order valence-electron chi connectivity index (χ0n) is 18.6. The zero-order chi connectivity index (χ0) is 23.4. The summed E-state index contributed by atoms with van der Waals surface area (Å²) in [5, 5.41) is 5.60. The second-order valence-corrected chi connectivity index (χ2v) is 8.33. The molecule has 1 unspecified atom stereocenters. The third kappa shape index (κ3) is 4.46. The predicted molar refractivity (Wildman–Crippen MR) is 122 cm³/mol. The molecular formula is C25H27N3O5. The van der Waals surface area contributed by atoms with Crippen LogP contribution in [0.5, 0.6) is 5.75 Å². The van der Waals surface area contributed by atoms with Crippen molar-refractivity contribution in [1.29, 1.82) is 0 Å². The molecule has 33 heavy (non-hydrogen) atoms. The molecule has 2 aromatic rings. The molecule has 0 aliphatic carbocycles. The van der Waals surface area contributed by atoms with Crippen LogP contribution in [0.2, 0.25) is 0 Å². The van der Waals surface area contributed by atoms with Crippen LogP contribution in [0.25, 0.3) is 0 Å². The molecule has 8 nitrogen and oxygen atoms in total. The number of nitrogens with one attached hydrogen (secondary N) is 2. The number of Topliss-reactive ketones (excluding diaryl/α,β-unsaturated/α-hetero) is 1. The van der Waals surface area contributed by atoms with E-state index in [-0.39, 0.29) is 24.8 Å². The summed E-state index contributed by atoms with van der Waals surface area (Å²) in [5.41, 5.74) is 0.343. The fourth-order valence-corrected chi connectivity index (χ4v) is 4.25. The number of ether oxygens (including phenoxy) is 1. The van der Waals surface area contributed by atoms with E-state index in [1.165, 1.54) is 0 Å². The van der Waals surface area contributed by atoms with E-state index < -0.39 is 17.5 Å². The van der Waals surface area contributed by atoms with Crippen LogP contribution < -0.4 is 15.4 Å². The van der Waals surface area contributed by atoms with Crippen LogP contribution in [0.15, 0.2) is 48.5 Å². The summed E-state index contributed by atoms with van der Waals surface area (Å²) in [4.78, 5) is 51.7. The fraction of sp³-hybridized carbons (Fsp3) is 0.360. The van der Waals surface area contributed by atoms with Crippen molar-refractivity contribution in [2.75, 3.05) is 18.5 Å². The minimum absolute atomic E-state index is 0.0658. The van der Waals surface area contributed by atoms with Gasteiger partial charge >= 0.3 is 6.03 Å². The van der Waals surface area contributed by atoms with E-state index >= 15 is 0 Å². The second-order valence-electron chi connectivity index (χ2n) is 8.33. The minimum atomic E-state index is -1.21. The first-order valence-corrected chi connectivity index (χ1v) is 11.2. The number of imide groups is 1. The normalized spacial score (nSPS) is 19.1. The molecule has 8 heteroatoms. The Bertz CT molecular complexity index is 1080. The Morgan fingerprint density at radius 1 is 1.09 bits per heavy atom. The van der Waals surface area contributed by atoms with E-state index in [1.54, 1.807) is 48.5 Å². The maximum Gasteiger partial charge on any atom is 0.325 e. The lowest BCUT2D eigenvalue weighted by atomic mass is 9.84. The Morgan fingerprint density at radius 3 is 2.61 bits per heavy atom. The highest BCUT2D eigenvalue weighted by Gasteiger charge is 2.55. The van der Waals surface area contributed by atoms with Crippen LogP contribution in [0.3, 0.4) is 0 Å². The molecule has 0 bridgehead atoms. The van der Waals surface area contributed by atoms with E-state index in [4.69, 9.17) is 4.74 Å². The summed E-state index contributed by atoms with van der Waals surface area (Å²) in [6.45, 7) is 2.00. The number of carbonyl (C=O) groups is 4. The second kappa shape index (κ2) is 9.44. The first-order chi connectivity index (χ1) is 15.9. The van der Waals surface area contributed by atoms with Crippen molar-refractivity contribution < 1.29 is 23.9 Å². The van der Waals surface area contributed by atoms with Gasteiger partial charge in [-0.3, -0.25) is 19.3 Å². The van der Waals surface area contributed by atoms with Crippen molar-refractivity contribution in [3.63, 3.8) is 0 Å². The number of ketones is 1. The molecule has 2 N–H and O–H groups in total. The van der Waals surface area contributed by atoms with Gasteiger partial charge in [-0.25, -0.2) is 4.79 Å². The smallest absolute Gasteiger partial charge is 0.325 e. The highest BCUT2D eigenvalue weighted by molar-refractivity contribution is 6.11. The molecule has 0 saturated carbocycles. The van der Waals surface area contributed by atoms with Gasteiger partial charge in [0.1, 0.15) is 5.75 Å². The van der Waals surface area contributed by atoms with Crippen LogP contribution in [-0.4, -0.2) is 41.7 Å². The van der Waals surface area contributed by atoms with Gasteiger partial charge in [-0.15, -0.1) is 0 Å². The number of urea groups is 1. The Kier molecular flexibility index (Phi) is 6.44. The van der Waals surface area contributed by atoms with Gasteiger partial charge in [-0.1, -0.05) is 38.0 Å². The Balaban J connectivity index is 1.42. The average Bonchev–Trinajstić information content (AvgIpc) is 3.04. The van der Waals surface area contributed by atoms with Crippen LogP contribution in [0, 0.1) is 0 Å². The molecule has 1 spiro atoms. The van der Waals surface area contributed by atoms with E-state index in [1.807, 2.05) is 0 Å². The maximum atomic E-state index is 13.3. The quantitative estimate of drug-likeness (QED) is 0.364. The topological polar surface area (TPSA) is 105 Å². The zero-order valence-corrected chi connectivity index (χ0v) is 18.6. The highest BCUT2D eigenvalue weighted by Crippen LogP contribution is 2.40. The lowest BCUT2D eigenvalue weighted by Gasteiger charge is -2.33. The molecule has 4 amide bonds. The summed E-state index contributed by atoms with van der Waals surface area (Å²) in [7, 11) is 0. The lowest BCUT2D eigenvalue weighted by molar-refractivity contribution is -0.132. The average molecular weight is 450 g/mol. The van der Waals surface area contributed by atoms with Gasteiger partial charge in [0.05, 0.1) is 13.2 Å². The number of carbonyl (C=O) groups excluding carboxylic acids is 4. The van der Waals surface area contributed by atoms with E-state index in [2.05, 4.69) is 17.6 Å². The largest absolute Gasteiger partial charge is 0.493 e. The molecule has 2 aliphatic heterocycles. The summed E-state index contributed by atoms with van der Waals surface area (Å²) < 4.78 is 5.63. The third-order valence-electron chi connectivity index (χ3n) is 6.06. The van der Waals surface area contributed by atoms with Gasteiger partial charge in [0.15, 0.2) is 11.3 Å². The van der Waals surface area contributed by atoms with Crippen LogP contribution >= 0.6 is 0 Å². The van der Waals surface area contributed by atoms with Crippen molar-refractivity contribution in [3.8, 4) is 5.75 Å². The number of anilines is 1. The number of rotatable bonds is 8. The molecule has 1 saturated heterocycles. The first-order valence-electron chi connectivity index (χ1n) is 11.2. The van der Waals surface area contributed by atoms with Crippen LogP contribution in [0.1, 0.15) is 54.9 Å². The molecule has 1 atom stereocenters. The van der Waals surface area contributed by atoms with Crippen molar-refractivity contribution in [1.82, 2.24) is 10.2 Å². The number of hydrogen-bond acceptors (Lipinski definition) is 5. The van der Waals surface area contributed by atoms with Crippen molar-refractivity contribution in [2.45, 2.75) is 44.6 Å². The molecule has 2 aliphatic rings. The van der Waals surface area contributed by atoms with Gasteiger partial charge in [-0.2, -0.15) is 0 Å². The van der Waals surface area contributed by atoms with Gasteiger partial charge < -0.3 is 15.4 Å². The number of para-hydroxylation sites is 1. The third-order valence-corrected chi connectivity index (χ3v) is 6.06. The number of amides is 4. The summed E-state index contributed by atoms with van der Waals surface area (Å²) in [6.07, 6.45) is 3.64. The molecule has 172 valence electrons. The van der Waals surface area contributed by atoms with Crippen LogP contribution in [0.4, 0.5) is 10.5 Å². The highest BCUT2D eigenvalue weighted by atomic mass is 16.5. The Morgan fingerprint density at radius 2 is 1.85 bits per heavy atom. The SMILES string of the molecule is CCCCCC(=O)Nc1ccc(C(=O)CN2C(=O)NC3(CCOc4ccccc43)C2=O)cc1. The number of fused-ring (bicyclic) bond motifs is 2. The molecular weight excluding hydrogens is 422 g/mol. The summed E-state index contributed by atoms with van der Waals surface area (Å²) >= 11 is 0. The number of nitrogens with zero attached hydrogens (tertiary/aromatic N) is 1. The summed E-state index contributed by atoms with van der Waals surface area (Å²) in [6, 6.07) is 13.0. The molecule has 4 rings (SSSR count). The van der Waals surface area contributed by atoms with Gasteiger partial charge in [-0.05, 0) is 36.8 Å². The minimum Gasteiger partial charge on any atom is -0.493 e. The van der Waals surface area contributed by atoms with Gasteiger partial charge in [0.25, 0.3) is 5.91 Å². The Labute approximate surface area is 192 Å². The maximum absolute atomic E-state index is 13.3. The standard InChI is InChI=1S/C25H27N3O5/c1-2-3-4-9-22(30)26-18-12-10-17(11-13-18)20(29)16-28-23(31)25(27-24(28)32)14-15-33-21-8-6-5-7-19(21)25/h5-8,10-13H,2-4,9,14-16H2,1H3,(H,26,30)(H,27,32). The summed E-state index contributed by atoms with van der Waals surface area (Å²) in [5.74, 6) is -0.328. The van der Waals surface area contributed by atoms with Crippen molar-refractivity contribution in [3.05, 3.63) is 59.7 Å². The fourth-order valence-electron chi connectivity index (χ4n) is 4.25. The number of hydrogen-bond donors (Lipinski definition) is 2.